The lowest BCUT2D eigenvalue weighted by Crippen LogP contribution is -1.89. The molecule has 0 unspecified atom stereocenters. The van der Waals surface area contributed by atoms with Gasteiger partial charge in [-0.2, -0.15) is 0 Å². The first-order valence-electron chi connectivity index (χ1n) is 6.33. The summed E-state index contributed by atoms with van der Waals surface area (Å²) in [6.07, 6.45) is 0. The number of nitrogens with zero attached hydrogens (tertiary/aromatic N) is 2. The average molecular weight is 315 g/mol. The van der Waals surface area contributed by atoms with E-state index in [1.54, 1.807) is 0 Å². The minimum Gasteiger partial charge on any atom is -0.452 e. The molecule has 0 saturated heterocycles. The summed E-state index contributed by atoms with van der Waals surface area (Å²) < 4.78 is 5.91. The number of hydrogen-bond acceptors (Lipinski definition) is 3. The minimum atomic E-state index is 0.184. The van der Waals surface area contributed by atoms with Crippen LogP contribution in [0.25, 0.3) is 33.3 Å². The predicted molar refractivity (Wildman–Crippen MR) is 84.8 cm³/mol. The van der Waals surface area contributed by atoms with E-state index in [1.165, 1.54) is 0 Å². The Kier molecular flexibility index (Phi) is 2.84. The van der Waals surface area contributed by atoms with Crippen LogP contribution in [0.5, 0.6) is 0 Å². The first kappa shape index (κ1) is 12.6. The van der Waals surface area contributed by atoms with Crippen LogP contribution in [0, 0.1) is 0 Å². The van der Waals surface area contributed by atoms with Crippen LogP contribution in [-0.4, -0.2) is 9.97 Å². The first-order chi connectivity index (χ1) is 10.2. The standard InChI is InChI=1S/C16H8Cl2N2O/c17-10-5-3-4-9(8-10)13-15-14(20-16(18)19-13)11-6-1-2-7-12(11)21-15/h1-8H. The van der Waals surface area contributed by atoms with E-state index in [4.69, 9.17) is 27.6 Å². The summed E-state index contributed by atoms with van der Waals surface area (Å²) in [5, 5.41) is 1.73. The highest BCUT2D eigenvalue weighted by molar-refractivity contribution is 6.31. The SMILES string of the molecule is Clc1cccc(-c2nc(Cl)nc3c2oc2ccccc23)c1. The molecule has 2 heterocycles. The molecule has 0 amide bonds. The van der Waals surface area contributed by atoms with Gasteiger partial charge in [0.25, 0.3) is 0 Å². The van der Waals surface area contributed by atoms with Crippen molar-refractivity contribution < 1.29 is 4.42 Å². The number of rotatable bonds is 1. The molecule has 0 aliphatic rings. The lowest BCUT2D eigenvalue weighted by Gasteiger charge is -2.02. The molecule has 0 aliphatic carbocycles. The molecule has 0 atom stereocenters. The van der Waals surface area contributed by atoms with Gasteiger partial charge in [0, 0.05) is 16.0 Å². The molecule has 2 aromatic heterocycles. The van der Waals surface area contributed by atoms with Gasteiger partial charge in [-0.25, -0.2) is 9.97 Å². The largest absolute Gasteiger partial charge is 0.452 e. The van der Waals surface area contributed by atoms with Crippen LogP contribution in [-0.2, 0) is 0 Å². The van der Waals surface area contributed by atoms with E-state index < -0.39 is 0 Å². The minimum absolute atomic E-state index is 0.184. The molecule has 4 aromatic rings. The van der Waals surface area contributed by atoms with Gasteiger partial charge < -0.3 is 4.42 Å². The van der Waals surface area contributed by atoms with Crippen LogP contribution < -0.4 is 0 Å². The molecule has 0 bridgehead atoms. The fraction of sp³-hybridized carbons (Fsp3) is 0. The summed E-state index contributed by atoms with van der Waals surface area (Å²) in [7, 11) is 0. The fourth-order valence-electron chi connectivity index (χ4n) is 2.40. The van der Waals surface area contributed by atoms with Crippen molar-refractivity contribution in [1.29, 1.82) is 0 Å². The van der Waals surface area contributed by atoms with Gasteiger partial charge in [-0.3, -0.25) is 0 Å². The van der Waals surface area contributed by atoms with E-state index in [9.17, 15) is 0 Å². The van der Waals surface area contributed by atoms with E-state index in [0.29, 0.717) is 21.8 Å². The lowest BCUT2D eigenvalue weighted by atomic mass is 10.1. The van der Waals surface area contributed by atoms with Gasteiger partial charge in [-0.1, -0.05) is 35.9 Å². The Morgan fingerprint density at radius 2 is 1.76 bits per heavy atom. The number of para-hydroxylation sites is 1. The van der Waals surface area contributed by atoms with Gasteiger partial charge in [0.15, 0.2) is 5.58 Å². The molecule has 0 N–H and O–H groups in total. The molecule has 5 heteroatoms. The third kappa shape index (κ3) is 2.06. The number of fused-ring (bicyclic) bond motifs is 3. The molecule has 0 aliphatic heterocycles. The summed E-state index contributed by atoms with van der Waals surface area (Å²) in [4.78, 5) is 8.61. The van der Waals surface area contributed by atoms with Gasteiger partial charge in [-0.05, 0) is 35.9 Å². The van der Waals surface area contributed by atoms with Crippen LogP contribution in [0.4, 0.5) is 0 Å². The van der Waals surface area contributed by atoms with Crippen LogP contribution >= 0.6 is 23.2 Å². The van der Waals surface area contributed by atoms with Gasteiger partial charge in [0.05, 0.1) is 0 Å². The predicted octanol–water partition coefficient (Wildman–Crippen LogP) is 5.35. The topological polar surface area (TPSA) is 38.9 Å². The third-order valence-electron chi connectivity index (χ3n) is 3.29. The summed E-state index contributed by atoms with van der Waals surface area (Å²) in [6, 6.07) is 15.1. The lowest BCUT2D eigenvalue weighted by molar-refractivity contribution is 0.667. The van der Waals surface area contributed by atoms with Crippen LogP contribution in [0.1, 0.15) is 0 Å². The van der Waals surface area contributed by atoms with Crippen molar-refractivity contribution in [3.8, 4) is 11.3 Å². The van der Waals surface area contributed by atoms with E-state index in [0.717, 1.165) is 16.5 Å². The maximum absolute atomic E-state index is 6.07. The summed E-state index contributed by atoms with van der Waals surface area (Å²) in [5.41, 5.74) is 3.57. The zero-order chi connectivity index (χ0) is 14.4. The summed E-state index contributed by atoms with van der Waals surface area (Å²) in [5.74, 6) is 0. The molecular formula is C16H8Cl2N2O. The molecule has 0 spiro atoms. The van der Waals surface area contributed by atoms with Crippen molar-refractivity contribution in [3.05, 3.63) is 58.8 Å². The molecular weight excluding hydrogens is 307 g/mol. The molecule has 0 fully saturated rings. The molecule has 3 nitrogen and oxygen atoms in total. The Hall–Kier alpha value is -2.10. The number of halogens is 2. The molecule has 0 saturated carbocycles. The summed E-state index contributed by atoms with van der Waals surface area (Å²) >= 11 is 12.1. The van der Waals surface area contributed by atoms with Crippen molar-refractivity contribution in [3.63, 3.8) is 0 Å². The Bertz CT molecular complexity index is 979. The van der Waals surface area contributed by atoms with E-state index in [1.807, 2.05) is 48.5 Å². The van der Waals surface area contributed by atoms with Gasteiger partial charge in [-0.15, -0.1) is 0 Å². The number of benzene rings is 2. The second kappa shape index (κ2) is 4.72. The fourth-order valence-corrected chi connectivity index (χ4v) is 2.75. The van der Waals surface area contributed by atoms with Crippen molar-refractivity contribution in [1.82, 2.24) is 9.97 Å². The van der Waals surface area contributed by atoms with Crippen LogP contribution in [0.2, 0.25) is 10.3 Å². The molecule has 21 heavy (non-hydrogen) atoms. The Morgan fingerprint density at radius 1 is 0.905 bits per heavy atom. The van der Waals surface area contributed by atoms with Crippen molar-refractivity contribution in [2.45, 2.75) is 0 Å². The average Bonchev–Trinajstić information content (AvgIpc) is 2.85. The molecule has 2 aromatic carbocycles. The van der Waals surface area contributed by atoms with E-state index in [-0.39, 0.29) is 5.28 Å². The molecule has 4 rings (SSSR count). The monoisotopic (exact) mass is 314 g/mol. The summed E-state index contributed by atoms with van der Waals surface area (Å²) in [6.45, 7) is 0. The number of hydrogen-bond donors (Lipinski definition) is 0. The first-order valence-corrected chi connectivity index (χ1v) is 7.09. The Balaban J connectivity index is 2.13. The third-order valence-corrected chi connectivity index (χ3v) is 3.69. The number of furan rings is 1. The quantitative estimate of drug-likeness (QED) is 0.444. The zero-order valence-electron chi connectivity index (χ0n) is 10.7. The Morgan fingerprint density at radius 3 is 2.62 bits per heavy atom. The maximum atomic E-state index is 6.07. The van der Waals surface area contributed by atoms with Crippen LogP contribution in [0.15, 0.2) is 52.9 Å². The number of aromatic nitrogens is 2. The van der Waals surface area contributed by atoms with E-state index >= 15 is 0 Å². The van der Waals surface area contributed by atoms with Gasteiger partial charge in [0.2, 0.25) is 5.28 Å². The Labute approximate surface area is 130 Å². The van der Waals surface area contributed by atoms with E-state index in [2.05, 4.69) is 9.97 Å². The normalized spacial score (nSPS) is 11.3. The van der Waals surface area contributed by atoms with Crippen molar-refractivity contribution in [2.75, 3.05) is 0 Å². The van der Waals surface area contributed by atoms with Crippen molar-refractivity contribution in [2.24, 2.45) is 0 Å². The second-order valence-electron chi connectivity index (χ2n) is 4.63. The second-order valence-corrected chi connectivity index (χ2v) is 5.40. The smallest absolute Gasteiger partial charge is 0.223 e. The van der Waals surface area contributed by atoms with Gasteiger partial charge in [0.1, 0.15) is 16.8 Å². The zero-order valence-corrected chi connectivity index (χ0v) is 12.2. The highest BCUT2D eigenvalue weighted by Crippen LogP contribution is 2.34. The highest BCUT2D eigenvalue weighted by atomic mass is 35.5. The maximum Gasteiger partial charge on any atom is 0.223 e. The van der Waals surface area contributed by atoms with Crippen LogP contribution in [0.3, 0.4) is 0 Å². The van der Waals surface area contributed by atoms with Gasteiger partial charge >= 0.3 is 0 Å². The molecule has 102 valence electrons. The highest BCUT2D eigenvalue weighted by Gasteiger charge is 2.16. The molecule has 0 radical (unpaired) electrons. The van der Waals surface area contributed by atoms with Crippen molar-refractivity contribution >= 4 is 45.3 Å².